The highest BCUT2D eigenvalue weighted by molar-refractivity contribution is 5.84. The van der Waals surface area contributed by atoms with Crippen molar-refractivity contribution in [3.05, 3.63) is 0 Å². The average molecular weight is 282 g/mol. The van der Waals surface area contributed by atoms with Gasteiger partial charge in [0.15, 0.2) is 0 Å². The van der Waals surface area contributed by atoms with Gasteiger partial charge in [0.2, 0.25) is 0 Å². The first-order valence-electron chi connectivity index (χ1n) is 7.58. The number of ether oxygens (including phenoxy) is 1. The molecule has 0 radical (unpaired) electrons. The highest BCUT2D eigenvalue weighted by atomic mass is 16.6. The Morgan fingerprint density at radius 2 is 1.90 bits per heavy atom. The standard InChI is InChI=1S/C15H26N2O3/c1-15(2,3)20-14(19)17-8-5-11(6-9-17)12-4-7-16-10-13(12)18/h11-12,16H,4-10H2,1-3H3. The predicted octanol–water partition coefficient (Wildman–Crippen LogP) is 1.81. The fraction of sp³-hybridized carbons (Fsp3) is 0.867. The molecule has 2 rings (SSSR count). The Morgan fingerprint density at radius 1 is 1.25 bits per heavy atom. The van der Waals surface area contributed by atoms with Gasteiger partial charge in [-0.1, -0.05) is 0 Å². The number of carbonyl (C=O) groups excluding carboxylic acids is 2. The molecule has 1 atom stereocenters. The third-order valence-electron chi connectivity index (χ3n) is 4.11. The Labute approximate surface area is 121 Å². The molecule has 1 N–H and O–H groups in total. The summed E-state index contributed by atoms with van der Waals surface area (Å²) in [5, 5.41) is 3.12. The first-order valence-corrected chi connectivity index (χ1v) is 7.58. The number of nitrogens with zero attached hydrogens (tertiary/aromatic N) is 1. The average Bonchev–Trinajstić information content (AvgIpc) is 2.37. The zero-order valence-electron chi connectivity index (χ0n) is 12.8. The van der Waals surface area contributed by atoms with Crippen LogP contribution in [-0.4, -0.2) is 48.6 Å². The van der Waals surface area contributed by atoms with Gasteiger partial charge in [-0.05, 0) is 52.5 Å². The number of likely N-dealkylation sites (tertiary alicyclic amines) is 1. The van der Waals surface area contributed by atoms with Crippen LogP contribution in [0.1, 0.15) is 40.0 Å². The second kappa shape index (κ2) is 6.12. The summed E-state index contributed by atoms with van der Waals surface area (Å²) in [6, 6.07) is 0. The normalized spacial score (nSPS) is 25.6. The minimum atomic E-state index is -0.445. The molecule has 5 heteroatoms. The molecule has 0 aromatic rings. The highest BCUT2D eigenvalue weighted by Gasteiger charge is 2.34. The number of amides is 1. The Kier molecular flexibility index (Phi) is 4.68. The molecule has 2 aliphatic rings. The van der Waals surface area contributed by atoms with Crippen LogP contribution in [0.2, 0.25) is 0 Å². The van der Waals surface area contributed by atoms with Gasteiger partial charge in [0.25, 0.3) is 0 Å². The number of nitrogens with one attached hydrogen (secondary N) is 1. The van der Waals surface area contributed by atoms with E-state index in [0.29, 0.717) is 31.3 Å². The molecule has 0 saturated carbocycles. The molecule has 0 aromatic carbocycles. The van der Waals surface area contributed by atoms with Crippen LogP contribution in [0.15, 0.2) is 0 Å². The smallest absolute Gasteiger partial charge is 0.410 e. The molecule has 0 bridgehead atoms. The van der Waals surface area contributed by atoms with Gasteiger partial charge in [0.1, 0.15) is 11.4 Å². The molecule has 1 amide bonds. The minimum absolute atomic E-state index is 0.192. The van der Waals surface area contributed by atoms with Crippen molar-refractivity contribution in [2.24, 2.45) is 11.8 Å². The number of hydrogen-bond acceptors (Lipinski definition) is 4. The van der Waals surface area contributed by atoms with Crippen molar-refractivity contribution in [3.8, 4) is 0 Å². The van der Waals surface area contributed by atoms with Crippen LogP contribution in [0.25, 0.3) is 0 Å². The molecule has 0 aromatic heterocycles. The summed E-state index contributed by atoms with van der Waals surface area (Å²) < 4.78 is 5.39. The summed E-state index contributed by atoms with van der Waals surface area (Å²) in [4.78, 5) is 25.7. The van der Waals surface area contributed by atoms with Crippen LogP contribution in [0.3, 0.4) is 0 Å². The lowest BCUT2D eigenvalue weighted by Crippen LogP contribution is -2.46. The summed E-state index contributed by atoms with van der Waals surface area (Å²) >= 11 is 0. The second-order valence-corrected chi connectivity index (χ2v) is 6.84. The van der Waals surface area contributed by atoms with Crippen molar-refractivity contribution in [2.75, 3.05) is 26.2 Å². The van der Waals surface area contributed by atoms with Crippen LogP contribution in [-0.2, 0) is 9.53 Å². The third kappa shape index (κ3) is 3.95. The topological polar surface area (TPSA) is 58.6 Å². The fourth-order valence-corrected chi connectivity index (χ4v) is 3.07. The van der Waals surface area contributed by atoms with Gasteiger partial charge in [-0.25, -0.2) is 4.79 Å². The Hall–Kier alpha value is -1.10. The maximum atomic E-state index is 12.0. The van der Waals surface area contributed by atoms with Crippen molar-refractivity contribution in [2.45, 2.75) is 45.6 Å². The van der Waals surface area contributed by atoms with E-state index >= 15 is 0 Å². The maximum Gasteiger partial charge on any atom is 0.410 e. The Bertz CT molecular complexity index is 368. The highest BCUT2D eigenvalue weighted by Crippen LogP contribution is 2.29. The summed E-state index contributed by atoms with van der Waals surface area (Å²) in [7, 11) is 0. The molecule has 2 saturated heterocycles. The molecule has 20 heavy (non-hydrogen) atoms. The molecular weight excluding hydrogens is 256 g/mol. The number of Topliss-reactive ketones (excluding diaryl/α,β-unsaturated/α-hetero) is 1. The van der Waals surface area contributed by atoms with Gasteiger partial charge in [0, 0.05) is 19.0 Å². The lowest BCUT2D eigenvalue weighted by atomic mass is 9.78. The quantitative estimate of drug-likeness (QED) is 0.797. The van der Waals surface area contributed by atoms with E-state index in [2.05, 4.69) is 5.32 Å². The van der Waals surface area contributed by atoms with Crippen LogP contribution in [0.4, 0.5) is 4.79 Å². The summed E-state index contributed by atoms with van der Waals surface area (Å²) in [5.41, 5.74) is -0.445. The predicted molar refractivity (Wildman–Crippen MR) is 76.5 cm³/mol. The molecule has 1 unspecified atom stereocenters. The van der Waals surface area contributed by atoms with Gasteiger partial charge in [-0.2, -0.15) is 0 Å². The van der Waals surface area contributed by atoms with E-state index in [1.54, 1.807) is 4.90 Å². The number of rotatable bonds is 1. The summed E-state index contributed by atoms with van der Waals surface area (Å²) in [6.07, 6.45) is 2.54. The van der Waals surface area contributed by atoms with Gasteiger partial charge >= 0.3 is 6.09 Å². The van der Waals surface area contributed by atoms with Crippen LogP contribution >= 0.6 is 0 Å². The van der Waals surface area contributed by atoms with E-state index in [-0.39, 0.29) is 12.0 Å². The number of ketones is 1. The van der Waals surface area contributed by atoms with Crippen molar-refractivity contribution >= 4 is 11.9 Å². The van der Waals surface area contributed by atoms with E-state index in [4.69, 9.17) is 4.74 Å². The lowest BCUT2D eigenvalue weighted by Gasteiger charge is -2.37. The van der Waals surface area contributed by atoms with Gasteiger partial charge in [0.05, 0.1) is 6.54 Å². The second-order valence-electron chi connectivity index (χ2n) is 6.84. The van der Waals surface area contributed by atoms with E-state index in [0.717, 1.165) is 25.8 Å². The van der Waals surface area contributed by atoms with Gasteiger partial charge < -0.3 is 15.0 Å². The third-order valence-corrected chi connectivity index (χ3v) is 4.11. The van der Waals surface area contributed by atoms with Crippen LogP contribution < -0.4 is 5.32 Å². The van der Waals surface area contributed by atoms with E-state index in [1.165, 1.54) is 0 Å². The molecule has 2 fully saturated rings. The molecule has 114 valence electrons. The number of carbonyl (C=O) groups is 2. The summed E-state index contributed by atoms with van der Waals surface area (Å²) in [5.74, 6) is 0.965. The Morgan fingerprint density at radius 3 is 2.45 bits per heavy atom. The first kappa shape index (κ1) is 15.3. The molecule has 2 aliphatic heterocycles. The zero-order valence-corrected chi connectivity index (χ0v) is 12.8. The van der Waals surface area contributed by atoms with Crippen LogP contribution in [0.5, 0.6) is 0 Å². The Balaban J connectivity index is 1.83. The number of hydrogen-bond donors (Lipinski definition) is 1. The van der Waals surface area contributed by atoms with Gasteiger partial charge in [-0.15, -0.1) is 0 Å². The van der Waals surface area contributed by atoms with Crippen molar-refractivity contribution in [1.29, 1.82) is 0 Å². The first-order chi connectivity index (χ1) is 9.37. The fourth-order valence-electron chi connectivity index (χ4n) is 3.07. The maximum absolute atomic E-state index is 12.0. The van der Waals surface area contributed by atoms with E-state index < -0.39 is 5.60 Å². The molecular formula is C15H26N2O3. The largest absolute Gasteiger partial charge is 0.444 e. The number of piperidine rings is 2. The molecule has 0 spiro atoms. The van der Waals surface area contributed by atoms with Gasteiger partial charge in [-0.3, -0.25) is 4.79 Å². The molecule has 2 heterocycles. The summed E-state index contributed by atoms with van der Waals surface area (Å²) in [6.45, 7) is 8.50. The monoisotopic (exact) mass is 282 g/mol. The SMILES string of the molecule is CC(C)(C)OC(=O)N1CCC(C2CCNCC2=O)CC1. The van der Waals surface area contributed by atoms with Crippen LogP contribution in [0, 0.1) is 11.8 Å². The van der Waals surface area contributed by atoms with Crippen molar-refractivity contribution in [1.82, 2.24) is 10.2 Å². The minimum Gasteiger partial charge on any atom is -0.444 e. The zero-order chi connectivity index (χ0) is 14.8. The van der Waals surface area contributed by atoms with Crippen molar-refractivity contribution in [3.63, 3.8) is 0 Å². The lowest BCUT2D eigenvalue weighted by molar-refractivity contribution is -0.125. The van der Waals surface area contributed by atoms with Crippen molar-refractivity contribution < 1.29 is 14.3 Å². The van der Waals surface area contributed by atoms with E-state index in [9.17, 15) is 9.59 Å². The van der Waals surface area contributed by atoms with E-state index in [1.807, 2.05) is 20.8 Å². The molecule has 5 nitrogen and oxygen atoms in total. The molecule has 0 aliphatic carbocycles.